The van der Waals surface area contributed by atoms with Crippen molar-refractivity contribution in [3.63, 3.8) is 0 Å². The molecule has 1 N–H and O–H groups in total. The van der Waals surface area contributed by atoms with Crippen LogP contribution in [0.1, 0.15) is 27.3 Å². The van der Waals surface area contributed by atoms with Gasteiger partial charge in [-0.25, -0.2) is 13.8 Å². The number of sulfonamides is 1. The number of hydrogen-bond acceptors (Lipinski definition) is 4. The van der Waals surface area contributed by atoms with Gasteiger partial charge in [0.25, 0.3) is 15.9 Å². The van der Waals surface area contributed by atoms with Gasteiger partial charge in [0, 0.05) is 40.3 Å². The SMILES string of the molecule is Cc1cc(/C=N/NC(=O)c2ccc(N(C)S(=O)(=O)c3ccccc3)cc2)c(C)n1-c1ccc(Cl)cc1. The molecule has 1 heterocycles. The third-order valence-corrected chi connectivity index (χ3v) is 7.87. The van der Waals surface area contributed by atoms with E-state index in [4.69, 9.17) is 11.6 Å². The quantitative estimate of drug-likeness (QED) is 0.264. The molecule has 0 aliphatic heterocycles. The van der Waals surface area contributed by atoms with Crippen LogP contribution in [0, 0.1) is 13.8 Å². The van der Waals surface area contributed by atoms with Gasteiger partial charge >= 0.3 is 0 Å². The molecule has 4 aromatic rings. The van der Waals surface area contributed by atoms with Crippen molar-refractivity contribution in [2.45, 2.75) is 18.7 Å². The van der Waals surface area contributed by atoms with Crippen LogP contribution in [0.5, 0.6) is 0 Å². The summed E-state index contributed by atoms with van der Waals surface area (Å²) in [5, 5.41) is 4.78. The van der Waals surface area contributed by atoms with E-state index < -0.39 is 15.9 Å². The maximum atomic E-state index is 12.8. The van der Waals surface area contributed by atoms with Gasteiger partial charge in [0.1, 0.15) is 0 Å². The maximum Gasteiger partial charge on any atom is 0.271 e. The van der Waals surface area contributed by atoms with Crippen molar-refractivity contribution >= 4 is 39.4 Å². The van der Waals surface area contributed by atoms with Gasteiger partial charge in [-0.3, -0.25) is 9.10 Å². The number of aryl methyl sites for hydroxylation is 1. The molecule has 0 fully saturated rings. The molecule has 36 heavy (non-hydrogen) atoms. The van der Waals surface area contributed by atoms with Gasteiger partial charge in [0.05, 0.1) is 16.8 Å². The largest absolute Gasteiger partial charge is 0.318 e. The van der Waals surface area contributed by atoms with Crippen molar-refractivity contribution in [3.05, 3.63) is 112 Å². The Kier molecular flexibility index (Phi) is 7.28. The highest BCUT2D eigenvalue weighted by atomic mass is 35.5. The van der Waals surface area contributed by atoms with Crippen LogP contribution in [0.25, 0.3) is 5.69 Å². The Morgan fingerprint density at radius 2 is 1.61 bits per heavy atom. The molecule has 1 amide bonds. The Bertz CT molecular complexity index is 1510. The molecular formula is C27H25ClN4O3S. The third-order valence-electron chi connectivity index (χ3n) is 5.82. The second-order valence-corrected chi connectivity index (χ2v) is 10.6. The molecule has 4 rings (SSSR count). The molecule has 0 aliphatic carbocycles. The van der Waals surface area contributed by atoms with E-state index in [2.05, 4.69) is 15.1 Å². The van der Waals surface area contributed by atoms with Crippen LogP contribution in [0.2, 0.25) is 5.02 Å². The first-order valence-electron chi connectivity index (χ1n) is 11.1. The number of rotatable bonds is 7. The van der Waals surface area contributed by atoms with Crippen molar-refractivity contribution in [1.29, 1.82) is 0 Å². The zero-order chi connectivity index (χ0) is 25.9. The fraction of sp³-hybridized carbons (Fsp3) is 0.111. The van der Waals surface area contributed by atoms with Crippen molar-refractivity contribution in [2.24, 2.45) is 5.10 Å². The van der Waals surface area contributed by atoms with E-state index in [1.54, 1.807) is 60.8 Å². The molecule has 0 atom stereocenters. The van der Waals surface area contributed by atoms with Crippen LogP contribution < -0.4 is 9.73 Å². The molecule has 0 spiro atoms. The van der Waals surface area contributed by atoms with E-state index in [1.165, 1.54) is 11.4 Å². The van der Waals surface area contributed by atoms with Crippen molar-refractivity contribution in [3.8, 4) is 5.69 Å². The Hall–Kier alpha value is -3.88. The fourth-order valence-corrected chi connectivity index (χ4v) is 5.19. The van der Waals surface area contributed by atoms with Gasteiger partial charge in [-0.1, -0.05) is 29.8 Å². The summed E-state index contributed by atoms with van der Waals surface area (Å²) in [5.41, 5.74) is 7.16. The van der Waals surface area contributed by atoms with Crippen LogP contribution in [0.3, 0.4) is 0 Å². The molecule has 0 bridgehead atoms. The van der Waals surface area contributed by atoms with Crippen molar-refractivity contribution in [1.82, 2.24) is 9.99 Å². The van der Waals surface area contributed by atoms with Crippen LogP contribution in [-0.2, 0) is 10.0 Å². The average Bonchev–Trinajstić information content (AvgIpc) is 3.17. The summed E-state index contributed by atoms with van der Waals surface area (Å²) in [6.45, 7) is 3.97. The van der Waals surface area contributed by atoms with Gasteiger partial charge in [-0.05, 0) is 80.6 Å². The number of nitrogens with one attached hydrogen (secondary N) is 1. The van der Waals surface area contributed by atoms with Gasteiger partial charge < -0.3 is 4.57 Å². The molecule has 9 heteroatoms. The standard InChI is InChI=1S/C27H25ClN4O3S/c1-19-17-22(20(2)32(19)25-15-11-23(28)12-16-25)18-29-30-27(33)21-9-13-24(14-10-21)31(3)36(34,35)26-7-5-4-6-8-26/h4-18H,1-3H3,(H,30,33)/b29-18+. The van der Waals surface area contributed by atoms with Crippen LogP contribution in [0.4, 0.5) is 5.69 Å². The summed E-state index contributed by atoms with van der Waals surface area (Å²) in [6, 6.07) is 24.0. The van der Waals surface area contributed by atoms with Crippen LogP contribution >= 0.6 is 11.6 Å². The zero-order valence-electron chi connectivity index (χ0n) is 20.0. The number of carbonyl (C=O) groups excluding carboxylic acids is 1. The third kappa shape index (κ3) is 5.19. The minimum absolute atomic E-state index is 0.194. The predicted octanol–water partition coefficient (Wildman–Crippen LogP) is 5.34. The number of benzene rings is 3. The number of hydrazone groups is 1. The highest BCUT2D eigenvalue weighted by Crippen LogP contribution is 2.23. The topological polar surface area (TPSA) is 83.8 Å². The first kappa shape index (κ1) is 25.2. The lowest BCUT2D eigenvalue weighted by atomic mass is 10.2. The normalized spacial score (nSPS) is 11.6. The Morgan fingerprint density at radius 1 is 0.972 bits per heavy atom. The molecule has 0 radical (unpaired) electrons. The van der Waals surface area contributed by atoms with E-state index in [0.29, 0.717) is 16.3 Å². The molecule has 0 saturated heterocycles. The molecule has 0 saturated carbocycles. The molecule has 3 aromatic carbocycles. The number of anilines is 1. The number of aromatic nitrogens is 1. The van der Waals surface area contributed by atoms with Gasteiger partial charge in [-0.2, -0.15) is 5.10 Å². The predicted molar refractivity (Wildman–Crippen MR) is 144 cm³/mol. The molecule has 0 aliphatic rings. The Balaban J connectivity index is 1.44. The lowest BCUT2D eigenvalue weighted by Gasteiger charge is -2.19. The van der Waals surface area contributed by atoms with Gasteiger partial charge in [0.15, 0.2) is 0 Å². The minimum Gasteiger partial charge on any atom is -0.318 e. The average molecular weight is 521 g/mol. The molecular weight excluding hydrogens is 496 g/mol. The number of amides is 1. The highest BCUT2D eigenvalue weighted by Gasteiger charge is 2.21. The number of carbonyl (C=O) groups is 1. The summed E-state index contributed by atoms with van der Waals surface area (Å²) in [5.74, 6) is -0.405. The maximum absolute atomic E-state index is 12.8. The Morgan fingerprint density at radius 3 is 2.25 bits per heavy atom. The van der Waals surface area contributed by atoms with Crippen molar-refractivity contribution in [2.75, 3.05) is 11.4 Å². The second-order valence-electron chi connectivity index (χ2n) is 8.17. The molecule has 0 unspecified atom stereocenters. The fourth-order valence-electron chi connectivity index (χ4n) is 3.84. The summed E-state index contributed by atoms with van der Waals surface area (Å²) in [4.78, 5) is 12.8. The summed E-state index contributed by atoms with van der Waals surface area (Å²) < 4.78 is 28.9. The van der Waals surface area contributed by atoms with Crippen LogP contribution in [0.15, 0.2) is 94.9 Å². The molecule has 184 valence electrons. The number of halogens is 1. The van der Waals surface area contributed by atoms with Gasteiger partial charge in [0.2, 0.25) is 0 Å². The summed E-state index contributed by atoms with van der Waals surface area (Å²) >= 11 is 6.00. The summed E-state index contributed by atoms with van der Waals surface area (Å²) in [7, 11) is -2.22. The number of hydrogen-bond donors (Lipinski definition) is 1. The van der Waals surface area contributed by atoms with E-state index in [9.17, 15) is 13.2 Å². The highest BCUT2D eigenvalue weighted by molar-refractivity contribution is 7.92. The zero-order valence-corrected chi connectivity index (χ0v) is 21.6. The lowest BCUT2D eigenvalue weighted by Crippen LogP contribution is -2.26. The summed E-state index contributed by atoms with van der Waals surface area (Å²) in [6.07, 6.45) is 1.60. The van der Waals surface area contributed by atoms with Crippen LogP contribution in [-0.4, -0.2) is 32.2 Å². The second kappa shape index (κ2) is 10.4. The monoisotopic (exact) mass is 520 g/mol. The first-order valence-corrected chi connectivity index (χ1v) is 12.9. The van der Waals surface area contributed by atoms with E-state index >= 15 is 0 Å². The van der Waals surface area contributed by atoms with E-state index in [-0.39, 0.29) is 4.90 Å². The molecule has 1 aromatic heterocycles. The van der Waals surface area contributed by atoms with Gasteiger partial charge in [-0.15, -0.1) is 0 Å². The lowest BCUT2D eigenvalue weighted by molar-refractivity contribution is 0.0955. The van der Waals surface area contributed by atoms with E-state index in [0.717, 1.165) is 22.6 Å². The number of nitrogens with zero attached hydrogens (tertiary/aromatic N) is 3. The van der Waals surface area contributed by atoms with Crippen molar-refractivity contribution < 1.29 is 13.2 Å². The minimum atomic E-state index is -3.70. The smallest absolute Gasteiger partial charge is 0.271 e. The molecule has 7 nitrogen and oxygen atoms in total. The van der Waals surface area contributed by atoms with E-state index in [1.807, 2.05) is 44.2 Å². The first-order chi connectivity index (χ1) is 17.2. The Labute approximate surface area is 215 Å².